The van der Waals surface area contributed by atoms with Gasteiger partial charge in [0.2, 0.25) is 0 Å². The highest BCUT2D eigenvalue weighted by atomic mass is 16.5. The molecule has 3 unspecified atom stereocenters. The van der Waals surface area contributed by atoms with E-state index in [0.717, 1.165) is 31.8 Å². The second kappa shape index (κ2) is 9.70. The number of aliphatic hydroxyl groups is 1. The van der Waals surface area contributed by atoms with Gasteiger partial charge in [0.05, 0.1) is 18.8 Å². The zero-order valence-corrected chi connectivity index (χ0v) is 12.7. The minimum atomic E-state index is -0.419. The smallest absolute Gasteiger partial charge is 0.0897 e. The van der Waals surface area contributed by atoms with Crippen molar-refractivity contribution in [2.24, 2.45) is 5.92 Å². The molecule has 2 N–H and O–H groups in total. The van der Waals surface area contributed by atoms with E-state index < -0.39 is 6.10 Å². The number of rotatable bonds is 10. The van der Waals surface area contributed by atoms with Crippen molar-refractivity contribution in [2.75, 3.05) is 26.9 Å². The van der Waals surface area contributed by atoms with Crippen molar-refractivity contribution in [3.8, 4) is 0 Å². The minimum Gasteiger partial charge on any atom is -0.389 e. The molecule has 0 aromatic heterocycles. The Morgan fingerprint density at radius 3 is 2.79 bits per heavy atom. The Kier molecular flexibility index (Phi) is 8.62. The van der Waals surface area contributed by atoms with Crippen LogP contribution in [0.3, 0.4) is 0 Å². The Bertz CT molecular complexity index is 223. The monoisotopic (exact) mass is 273 g/mol. The maximum absolute atomic E-state index is 9.85. The van der Waals surface area contributed by atoms with Gasteiger partial charge in [0.1, 0.15) is 0 Å². The summed E-state index contributed by atoms with van der Waals surface area (Å²) in [7, 11) is 1.76. The minimum absolute atomic E-state index is 0.305. The first-order valence-electron chi connectivity index (χ1n) is 7.65. The van der Waals surface area contributed by atoms with Gasteiger partial charge < -0.3 is 19.9 Å². The normalized spacial score (nSPS) is 25.1. The lowest BCUT2D eigenvalue weighted by Crippen LogP contribution is -2.42. The lowest BCUT2D eigenvalue weighted by Gasteiger charge is -2.21. The average Bonchev–Trinajstić information content (AvgIpc) is 2.83. The van der Waals surface area contributed by atoms with E-state index in [1.807, 2.05) is 0 Å². The van der Waals surface area contributed by atoms with Crippen LogP contribution < -0.4 is 5.32 Å². The highest BCUT2D eigenvalue weighted by Gasteiger charge is 2.26. The summed E-state index contributed by atoms with van der Waals surface area (Å²) in [6.45, 7) is 6.20. The van der Waals surface area contributed by atoms with Crippen molar-refractivity contribution < 1.29 is 14.6 Å². The summed E-state index contributed by atoms with van der Waals surface area (Å²) in [5, 5.41) is 13.2. The third kappa shape index (κ3) is 7.25. The number of nitrogens with one attached hydrogen (secondary N) is 1. The van der Waals surface area contributed by atoms with Gasteiger partial charge in [-0.05, 0) is 38.0 Å². The van der Waals surface area contributed by atoms with E-state index in [2.05, 4.69) is 19.2 Å². The number of hydrogen-bond donors (Lipinski definition) is 2. The molecule has 1 fully saturated rings. The van der Waals surface area contributed by atoms with Gasteiger partial charge in [-0.3, -0.25) is 0 Å². The molecule has 0 saturated heterocycles. The number of methoxy groups -OCH3 is 1. The van der Waals surface area contributed by atoms with Crippen LogP contribution in [0.25, 0.3) is 0 Å². The number of ether oxygens (including phenoxy) is 2. The molecule has 1 aliphatic rings. The molecular formula is C15H31NO3. The SMILES string of the molecule is COC1CCCC1NCC(O)COCCCC(C)C. The van der Waals surface area contributed by atoms with Crippen LogP contribution in [-0.2, 0) is 9.47 Å². The maximum Gasteiger partial charge on any atom is 0.0897 e. The average molecular weight is 273 g/mol. The van der Waals surface area contributed by atoms with Crippen LogP contribution >= 0.6 is 0 Å². The molecule has 0 aliphatic heterocycles. The first kappa shape index (κ1) is 16.9. The Morgan fingerprint density at radius 2 is 2.11 bits per heavy atom. The molecule has 19 heavy (non-hydrogen) atoms. The number of hydrogen-bond acceptors (Lipinski definition) is 4. The predicted octanol–water partition coefficient (Wildman–Crippen LogP) is 1.96. The molecule has 4 nitrogen and oxygen atoms in total. The van der Waals surface area contributed by atoms with Gasteiger partial charge in [-0.25, -0.2) is 0 Å². The summed E-state index contributed by atoms with van der Waals surface area (Å²) >= 11 is 0. The Balaban J connectivity index is 2.00. The van der Waals surface area contributed by atoms with Crippen molar-refractivity contribution in [3.63, 3.8) is 0 Å². The van der Waals surface area contributed by atoms with Crippen LogP contribution in [-0.4, -0.2) is 50.2 Å². The van der Waals surface area contributed by atoms with Gasteiger partial charge in [0, 0.05) is 26.3 Å². The van der Waals surface area contributed by atoms with E-state index >= 15 is 0 Å². The molecule has 3 atom stereocenters. The fraction of sp³-hybridized carbons (Fsp3) is 1.00. The molecule has 0 aromatic rings. The molecule has 0 amide bonds. The van der Waals surface area contributed by atoms with Crippen LogP contribution in [0.2, 0.25) is 0 Å². The second-order valence-electron chi connectivity index (χ2n) is 5.98. The molecular weight excluding hydrogens is 242 g/mol. The first-order valence-corrected chi connectivity index (χ1v) is 7.65. The third-order valence-electron chi connectivity index (χ3n) is 3.75. The third-order valence-corrected chi connectivity index (χ3v) is 3.75. The van der Waals surface area contributed by atoms with Crippen molar-refractivity contribution in [1.29, 1.82) is 0 Å². The molecule has 0 radical (unpaired) electrons. The van der Waals surface area contributed by atoms with E-state index in [4.69, 9.17) is 9.47 Å². The van der Waals surface area contributed by atoms with Crippen molar-refractivity contribution in [2.45, 2.75) is 64.2 Å². The summed E-state index contributed by atoms with van der Waals surface area (Å²) in [4.78, 5) is 0. The Morgan fingerprint density at radius 1 is 1.32 bits per heavy atom. The standard InChI is InChI=1S/C15H31NO3/c1-12(2)6-5-9-19-11-13(17)10-16-14-7-4-8-15(14)18-3/h12-17H,4-11H2,1-3H3. The summed E-state index contributed by atoms with van der Waals surface area (Å²) in [6, 6.07) is 0.389. The highest BCUT2D eigenvalue weighted by molar-refractivity contribution is 4.84. The highest BCUT2D eigenvalue weighted by Crippen LogP contribution is 2.21. The van der Waals surface area contributed by atoms with E-state index in [-0.39, 0.29) is 0 Å². The lowest BCUT2D eigenvalue weighted by atomic mass is 10.1. The van der Waals surface area contributed by atoms with Gasteiger partial charge in [0.15, 0.2) is 0 Å². The van der Waals surface area contributed by atoms with Gasteiger partial charge in [-0.1, -0.05) is 13.8 Å². The summed E-state index contributed by atoms with van der Waals surface area (Å²) in [5.74, 6) is 0.725. The van der Waals surface area contributed by atoms with Gasteiger partial charge >= 0.3 is 0 Å². The van der Waals surface area contributed by atoms with Crippen LogP contribution in [0.15, 0.2) is 0 Å². The van der Waals surface area contributed by atoms with Gasteiger partial charge in [-0.2, -0.15) is 0 Å². The fourth-order valence-corrected chi connectivity index (χ4v) is 2.60. The van der Waals surface area contributed by atoms with E-state index in [9.17, 15) is 5.11 Å². The van der Waals surface area contributed by atoms with Crippen molar-refractivity contribution in [3.05, 3.63) is 0 Å². The van der Waals surface area contributed by atoms with E-state index in [0.29, 0.717) is 25.3 Å². The molecule has 0 spiro atoms. The molecule has 1 aliphatic carbocycles. The molecule has 0 heterocycles. The van der Waals surface area contributed by atoms with Crippen LogP contribution in [0.1, 0.15) is 46.0 Å². The molecule has 4 heteroatoms. The first-order chi connectivity index (χ1) is 9.13. The Hall–Kier alpha value is -0.160. The summed E-state index contributed by atoms with van der Waals surface area (Å²) in [6.07, 6.45) is 5.61. The number of aliphatic hydroxyl groups excluding tert-OH is 1. The molecule has 0 aromatic carbocycles. The largest absolute Gasteiger partial charge is 0.389 e. The molecule has 1 rings (SSSR count). The zero-order chi connectivity index (χ0) is 14.1. The van der Waals surface area contributed by atoms with Gasteiger partial charge in [0.25, 0.3) is 0 Å². The quantitative estimate of drug-likeness (QED) is 0.597. The van der Waals surface area contributed by atoms with Gasteiger partial charge in [-0.15, -0.1) is 0 Å². The van der Waals surface area contributed by atoms with Crippen molar-refractivity contribution in [1.82, 2.24) is 5.32 Å². The van der Waals surface area contributed by atoms with Crippen LogP contribution in [0.4, 0.5) is 0 Å². The predicted molar refractivity (Wildman–Crippen MR) is 77.3 cm³/mol. The second-order valence-corrected chi connectivity index (χ2v) is 5.98. The fourth-order valence-electron chi connectivity index (χ4n) is 2.60. The molecule has 0 bridgehead atoms. The molecule has 1 saturated carbocycles. The summed E-state index contributed by atoms with van der Waals surface area (Å²) < 4.78 is 10.9. The topological polar surface area (TPSA) is 50.7 Å². The van der Waals surface area contributed by atoms with Crippen molar-refractivity contribution >= 4 is 0 Å². The summed E-state index contributed by atoms with van der Waals surface area (Å²) in [5.41, 5.74) is 0. The van der Waals surface area contributed by atoms with E-state index in [1.54, 1.807) is 7.11 Å². The van der Waals surface area contributed by atoms with Crippen LogP contribution in [0.5, 0.6) is 0 Å². The Labute approximate surface area is 117 Å². The van der Waals surface area contributed by atoms with Crippen LogP contribution in [0, 0.1) is 5.92 Å². The lowest BCUT2D eigenvalue weighted by molar-refractivity contribution is 0.0278. The zero-order valence-electron chi connectivity index (χ0n) is 12.7. The molecule has 114 valence electrons. The maximum atomic E-state index is 9.85. The van der Waals surface area contributed by atoms with E-state index in [1.165, 1.54) is 12.8 Å².